The Balaban J connectivity index is 2.27. The summed E-state index contributed by atoms with van der Waals surface area (Å²) in [5.41, 5.74) is 0. The Hall–Kier alpha value is -0.620. The third-order valence-corrected chi connectivity index (χ3v) is 3.40. The van der Waals surface area contributed by atoms with E-state index in [1.807, 2.05) is 4.68 Å². The predicted molar refractivity (Wildman–Crippen MR) is 71.2 cm³/mol. The molecule has 0 saturated heterocycles. The second-order valence-electron chi connectivity index (χ2n) is 4.35. The van der Waals surface area contributed by atoms with Crippen molar-refractivity contribution in [2.24, 2.45) is 0 Å². The fourth-order valence-corrected chi connectivity index (χ4v) is 2.32. The van der Waals surface area contributed by atoms with E-state index in [9.17, 15) is 0 Å². The maximum Gasteiger partial charge on any atom is 0.209 e. The van der Waals surface area contributed by atoms with Crippen molar-refractivity contribution in [1.82, 2.24) is 25.5 Å². The lowest BCUT2D eigenvalue weighted by Crippen LogP contribution is -2.27. The van der Waals surface area contributed by atoms with Crippen LogP contribution in [0, 0.1) is 0 Å². The van der Waals surface area contributed by atoms with E-state index in [1.54, 1.807) is 11.8 Å². The lowest BCUT2D eigenvalue weighted by atomic mass is 10.3. The summed E-state index contributed by atoms with van der Waals surface area (Å²) < 4.78 is 1.88. The molecule has 0 bridgehead atoms. The summed E-state index contributed by atoms with van der Waals surface area (Å²) in [5, 5.41) is 16.1. The summed E-state index contributed by atoms with van der Waals surface area (Å²) >= 11 is 1.75. The Kier molecular flexibility index (Phi) is 7.19. The molecule has 98 valence electrons. The number of tetrazole rings is 1. The molecule has 0 aliphatic heterocycles. The van der Waals surface area contributed by atoms with Crippen LogP contribution in [0.25, 0.3) is 0 Å². The summed E-state index contributed by atoms with van der Waals surface area (Å²) in [4.78, 5) is 0. The van der Waals surface area contributed by atoms with E-state index in [0.717, 1.165) is 24.0 Å². The molecule has 0 saturated carbocycles. The Bertz CT molecular complexity index is 300. The summed E-state index contributed by atoms with van der Waals surface area (Å²) in [6.45, 7) is 8.23. The zero-order valence-corrected chi connectivity index (χ0v) is 11.8. The molecule has 0 atom stereocenters. The lowest BCUT2D eigenvalue weighted by Gasteiger charge is -2.08. The molecule has 1 aromatic rings. The van der Waals surface area contributed by atoms with Crippen molar-refractivity contribution in [2.75, 3.05) is 12.3 Å². The van der Waals surface area contributed by atoms with E-state index in [4.69, 9.17) is 0 Å². The molecule has 0 aliphatic rings. The maximum absolute atomic E-state index is 4.05. The van der Waals surface area contributed by atoms with Gasteiger partial charge in [-0.1, -0.05) is 45.4 Å². The number of thioether (sulfide) groups is 1. The molecule has 0 unspecified atom stereocenters. The van der Waals surface area contributed by atoms with Gasteiger partial charge in [0.15, 0.2) is 0 Å². The van der Waals surface area contributed by atoms with Gasteiger partial charge >= 0.3 is 0 Å². The van der Waals surface area contributed by atoms with Crippen molar-refractivity contribution in [3.8, 4) is 0 Å². The van der Waals surface area contributed by atoms with Crippen molar-refractivity contribution in [3.63, 3.8) is 0 Å². The second-order valence-corrected chi connectivity index (χ2v) is 5.41. The van der Waals surface area contributed by atoms with Crippen molar-refractivity contribution in [3.05, 3.63) is 0 Å². The summed E-state index contributed by atoms with van der Waals surface area (Å²) in [5.74, 6) is 1.10. The number of hydrogen-bond acceptors (Lipinski definition) is 5. The van der Waals surface area contributed by atoms with Gasteiger partial charge in [0.2, 0.25) is 5.16 Å². The standard InChI is InChI=1S/C11H23N5S/c1-4-5-6-9-17-11-13-14-15-16(11)8-7-12-10(2)3/h10,12H,4-9H2,1-3H3. The Morgan fingerprint density at radius 1 is 1.35 bits per heavy atom. The minimum absolute atomic E-state index is 0.507. The topological polar surface area (TPSA) is 55.6 Å². The SMILES string of the molecule is CCCCCSc1nnnn1CCNC(C)C. The van der Waals surface area contributed by atoms with Gasteiger partial charge in [-0.25, -0.2) is 4.68 Å². The lowest BCUT2D eigenvalue weighted by molar-refractivity contribution is 0.485. The van der Waals surface area contributed by atoms with Crippen LogP contribution in [-0.2, 0) is 6.54 Å². The fraction of sp³-hybridized carbons (Fsp3) is 0.909. The predicted octanol–water partition coefficient (Wildman–Crippen LogP) is 1.95. The fourth-order valence-electron chi connectivity index (χ4n) is 1.41. The molecule has 0 amide bonds. The van der Waals surface area contributed by atoms with E-state index in [1.165, 1.54) is 19.3 Å². The zero-order chi connectivity index (χ0) is 12.5. The molecule has 0 spiro atoms. The van der Waals surface area contributed by atoms with E-state index in [2.05, 4.69) is 41.6 Å². The Morgan fingerprint density at radius 3 is 2.88 bits per heavy atom. The van der Waals surface area contributed by atoms with Crippen LogP contribution >= 0.6 is 11.8 Å². The van der Waals surface area contributed by atoms with Gasteiger partial charge in [-0.2, -0.15) is 0 Å². The van der Waals surface area contributed by atoms with Gasteiger partial charge in [-0.15, -0.1) is 5.10 Å². The van der Waals surface area contributed by atoms with Crippen molar-refractivity contribution in [1.29, 1.82) is 0 Å². The number of hydrogen-bond donors (Lipinski definition) is 1. The summed E-state index contributed by atoms with van der Waals surface area (Å²) in [7, 11) is 0. The van der Waals surface area contributed by atoms with E-state index >= 15 is 0 Å². The van der Waals surface area contributed by atoms with Crippen LogP contribution < -0.4 is 5.32 Å². The quantitative estimate of drug-likeness (QED) is 0.541. The molecule has 0 radical (unpaired) electrons. The number of rotatable bonds is 9. The van der Waals surface area contributed by atoms with Crippen LogP contribution in [0.5, 0.6) is 0 Å². The number of aromatic nitrogens is 4. The molecule has 0 aliphatic carbocycles. The first-order valence-electron chi connectivity index (χ1n) is 6.36. The van der Waals surface area contributed by atoms with Gasteiger partial charge in [0, 0.05) is 18.3 Å². The molecular formula is C11H23N5S. The van der Waals surface area contributed by atoms with E-state index in [-0.39, 0.29) is 0 Å². The molecule has 1 aromatic heterocycles. The molecule has 1 heterocycles. The first kappa shape index (κ1) is 14.4. The highest BCUT2D eigenvalue weighted by molar-refractivity contribution is 7.99. The van der Waals surface area contributed by atoms with Crippen molar-refractivity contribution < 1.29 is 0 Å². The molecule has 17 heavy (non-hydrogen) atoms. The minimum atomic E-state index is 0.507. The third kappa shape index (κ3) is 6.02. The molecule has 5 nitrogen and oxygen atoms in total. The minimum Gasteiger partial charge on any atom is -0.313 e. The summed E-state index contributed by atoms with van der Waals surface area (Å²) in [6, 6.07) is 0.507. The highest BCUT2D eigenvalue weighted by atomic mass is 32.2. The molecule has 6 heteroatoms. The molecule has 0 fully saturated rings. The van der Waals surface area contributed by atoms with Crippen molar-refractivity contribution in [2.45, 2.75) is 57.8 Å². The second kappa shape index (κ2) is 8.47. The maximum atomic E-state index is 4.05. The number of nitrogens with one attached hydrogen (secondary N) is 1. The average molecular weight is 257 g/mol. The van der Waals surface area contributed by atoms with Crippen LogP contribution in [0.15, 0.2) is 5.16 Å². The van der Waals surface area contributed by atoms with E-state index in [0.29, 0.717) is 6.04 Å². The van der Waals surface area contributed by atoms with Gasteiger partial charge < -0.3 is 5.32 Å². The smallest absolute Gasteiger partial charge is 0.209 e. The van der Waals surface area contributed by atoms with Gasteiger partial charge in [0.1, 0.15) is 0 Å². The first-order valence-corrected chi connectivity index (χ1v) is 7.35. The van der Waals surface area contributed by atoms with Crippen LogP contribution in [0.2, 0.25) is 0 Å². The van der Waals surface area contributed by atoms with Gasteiger partial charge in [0.25, 0.3) is 0 Å². The van der Waals surface area contributed by atoms with Gasteiger partial charge in [0.05, 0.1) is 6.54 Å². The highest BCUT2D eigenvalue weighted by Gasteiger charge is 2.05. The highest BCUT2D eigenvalue weighted by Crippen LogP contribution is 2.15. The van der Waals surface area contributed by atoms with Crippen LogP contribution in [-0.4, -0.2) is 38.5 Å². The normalized spacial score (nSPS) is 11.3. The molecule has 0 aromatic carbocycles. The average Bonchev–Trinajstić information content (AvgIpc) is 2.72. The van der Waals surface area contributed by atoms with Crippen LogP contribution in [0.4, 0.5) is 0 Å². The first-order chi connectivity index (χ1) is 8.24. The van der Waals surface area contributed by atoms with Gasteiger partial charge in [-0.3, -0.25) is 0 Å². The third-order valence-electron chi connectivity index (χ3n) is 2.35. The number of nitrogens with zero attached hydrogens (tertiary/aromatic N) is 4. The van der Waals surface area contributed by atoms with Gasteiger partial charge in [-0.05, 0) is 16.8 Å². The monoisotopic (exact) mass is 257 g/mol. The summed E-state index contributed by atoms with van der Waals surface area (Å²) in [6.07, 6.45) is 3.77. The molecular weight excluding hydrogens is 234 g/mol. The van der Waals surface area contributed by atoms with E-state index < -0.39 is 0 Å². The molecule has 1 N–H and O–H groups in total. The largest absolute Gasteiger partial charge is 0.313 e. The van der Waals surface area contributed by atoms with Crippen LogP contribution in [0.1, 0.15) is 40.0 Å². The Labute approximate surface area is 108 Å². The zero-order valence-electron chi connectivity index (χ0n) is 11.0. The number of unbranched alkanes of at least 4 members (excludes halogenated alkanes) is 2. The van der Waals surface area contributed by atoms with Crippen LogP contribution in [0.3, 0.4) is 0 Å². The molecule has 1 rings (SSSR count). The van der Waals surface area contributed by atoms with Crippen molar-refractivity contribution >= 4 is 11.8 Å². The Morgan fingerprint density at radius 2 is 2.18 bits per heavy atom.